The van der Waals surface area contributed by atoms with Crippen LogP contribution >= 0.6 is 0 Å². The lowest BCUT2D eigenvalue weighted by Crippen LogP contribution is -2.53. The number of nitrogens with one attached hydrogen (secondary N) is 2. The fourth-order valence-electron chi connectivity index (χ4n) is 3.19. The Morgan fingerprint density at radius 2 is 2.24 bits per heavy atom. The summed E-state index contributed by atoms with van der Waals surface area (Å²) in [5.41, 5.74) is 0.628. The van der Waals surface area contributed by atoms with Crippen LogP contribution in [0.1, 0.15) is 51.1 Å². The molecule has 1 saturated heterocycles. The van der Waals surface area contributed by atoms with Crippen LogP contribution in [0.5, 0.6) is 5.75 Å². The molecule has 4 nitrogen and oxygen atoms in total. The van der Waals surface area contributed by atoms with E-state index in [1.807, 2.05) is 31.2 Å². The van der Waals surface area contributed by atoms with E-state index in [4.69, 9.17) is 4.74 Å². The molecule has 1 amide bonds. The third kappa shape index (κ3) is 3.38. The number of carbonyl (C=O) groups is 1. The Balaban J connectivity index is 2.11. The fraction of sp³-hybridized carbons (Fsp3) is 0.588. The molecule has 1 fully saturated rings. The highest BCUT2D eigenvalue weighted by Gasteiger charge is 2.40. The molecule has 0 saturated carbocycles. The van der Waals surface area contributed by atoms with E-state index < -0.39 is 0 Å². The van der Waals surface area contributed by atoms with Gasteiger partial charge in [0, 0.05) is 5.56 Å². The first-order valence-corrected chi connectivity index (χ1v) is 7.82. The van der Waals surface area contributed by atoms with E-state index >= 15 is 0 Å². The largest absolute Gasteiger partial charge is 0.496 e. The molecule has 1 aromatic carbocycles. The Hall–Kier alpha value is -1.55. The van der Waals surface area contributed by atoms with Crippen molar-refractivity contribution in [3.05, 3.63) is 29.8 Å². The van der Waals surface area contributed by atoms with Crippen LogP contribution in [0.4, 0.5) is 0 Å². The van der Waals surface area contributed by atoms with E-state index in [1.54, 1.807) is 7.11 Å². The quantitative estimate of drug-likeness (QED) is 0.847. The number of ether oxygens (including phenoxy) is 1. The van der Waals surface area contributed by atoms with Gasteiger partial charge >= 0.3 is 0 Å². The summed E-state index contributed by atoms with van der Waals surface area (Å²) in [6.45, 7) is 5.06. The van der Waals surface area contributed by atoms with Gasteiger partial charge in [-0.15, -0.1) is 0 Å². The molecule has 0 spiro atoms. The number of para-hydroxylation sites is 1. The molecule has 0 radical (unpaired) electrons. The molecular weight excluding hydrogens is 264 g/mol. The minimum atomic E-state index is -0.384. The maximum Gasteiger partial charge on any atom is 0.240 e. The van der Waals surface area contributed by atoms with E-state index in [-0.39, 0.29) is 17.5 Å². The highest BCUT2D eigenvalue weighted by atomic mass is 16.5. The van der Waals surface area contributed by atoms with Crippen molar-refractivity contribution >= 4 is 5.91 Å². The molecule has 2 atom stereocenters. The second kappa shape index (κ2) is 6.94. The summed E-state index contributed by atoms with van der Waals surface area (Å²) in [5, 5.41) is 6.57. The lowest BCUT2D eigenvalue weighted by Gasteiger charge is -2.30. The minimum absolute atomic E-state index is 0.0650. The van der Waals surface area contributed by atoms with Gasteiger partial charge in [0.05, 0.1) is 18.7 Å². The monoisotopic (exact) mass is 290 g/mol. The van der Waals surface area contributed by atoms with Gasteiger partial charge in [0.2, 0.25) is 5.91 Å². The summed E-state index contributed by atoms with van der Waals surface area (Å²) in [6, 6.07) is 7.76. The van der Waals surface area contributed by atoms with Gasteiger partial charge in [-0.2, -0.15) is 0 Å². The van der Waals surface area contributed by atoms with E-state index in [1.165, 1.54) is 0 Å². The summed E-state index contributed by atoms with van der Waals surface area (Å²) in [7, 11) is 1.66. The van der Waals surface area contributed by atoms with Gasteiger partial charge in [-0.05, 0) is 38.8 Å². The molecule has 0 bridgehead atoms. The number of hydrogen-bond acceptors (Lipinski definition) is 3. The molecule has 1 heterocycles. The van der Waals surface area contributed by atoms with Gasteiger partial charge in [-0.25, -0.2) is 0 Å². The van der Waals surface area contributed by atoms with Gasteiger partial charge in [-0.3, -0.25) is 4.79 Å². The average molecular weight is 290 g/mol. The summed E-state index contributed by atoms with van der Waals surface area (Å²) in [6.07, 6.45) is 3.88. The highest BCUT2D eigenvalue weighted by molar-refractivity contribution is 5.87. The fourth-order valence-corrected chi connectivity index (χ4v) is 3.19. The van der Waals surface area contributed by atoms with Gasteiger partial charge in [0.15, 0.2) is 0 Å². The number of benzene rings is 1. The van der Waals surface area contributed by atoms with Gasteiger partial charge in [-0.1, -0.05) is 31.5 Å². The van der Waals surface area contributed by atoms with Crippen molar-refractivity contribution in [2.24, 2.45) is 0 Å². The Morgan fingerprint density at radius 1 is 1.48 bits per heavy atom. The molecule has 21 heavy (non-hydrogen) atoms. The molecule has 0 aromatic heterocycles. The Morgan fingerprint density at radius 3 is 2.86 bits per heavy atom. The zero-order valence-corrected chi connectivity index (χ0v) is 13.2. The molecule has 1 aromatic rings. The maximum absolute atomic E-state index is 12.7. The van der Waals surface area contributed by atoms with Crippen LogP contribution in [0.15, 0.2) is 24.3 Å². The molecule has 116 valence electrons. The van der Waals surface area contributed by atoms with Crippen LogP contribution in [-0.2, 0) is 4.79 Å². The predicted molar refractivity (Wildman–Crippen MR) is 84.4 cm³/mol. The standard InChI is InChI=1S/C17H26N2O2/c1-4-10-17(11-7-12-18-17)16(20)19-13(2)14-8-5-6-9-15(14)21-3/h5-6,8-9,13,18H,4,7,10-12H2,1-3H3,(H,19,20). The first-order valence-electron chi connectivity index (χ1n) is 7.82. The predicted octanol–water partition coefficient (Wildman–Crippen LogP) is 2.79. The zero-order chi connectivity index (χ0) is 15.3. The molecule has 4 heteroatoms. The van der Waals surface area contributed by atoms with Gasteiger partial charge in [0.25, 0.3) is 0 Å². The van der Waals surface area contributed by atoms with Crippen LogP contribution in [0.2, 0.25) is 0 Å². The molecular formula is C17H26N2O2. The lowest BCUT2D eigenvalue weighted by atomic mass is 9.90. The van der Waals surface area contributed by atoms with Gasteiger partial charge in [0.1, 0.15) is 5.75 Å². The van der Waals surface area contributed by atoms with Crippen molar-refractivity contribution in [3.63, 3.8) is 0 Å². The summed E-state index contributed by atoms with van der Waals surface area (Å²) >= 11 is 0. The molecule has 2 N–H and O–H groups in total. The van der Waals surface area contributed by atoms with Crippen LogP contribution in [-0.4, -0.2) is 25.1 Å². The molecule has 2 rings (SSSR count). The maximum atomic E-state index is 12.7. The second-order valence-corrected chi connectivity index (χ2v) is 5.80. The number of rotatable bonds is 6. The van der Waals surface area contributed by atoms with Crippen molar-refractivity contribution in [1.82, 2.24) is 10.6 Å². The third-order valence-corrected chi connectivity index (χ3v) is 4.31. The Labute approximate surface area is 127 Å². The van der Waals surface area contributed by atoms with Crippen LogP contribution in [0.25, 0.3) is 0 Å². The van der Waals surface area contributed by atoms with Crippen LogP contribution < -0.4 is 15.4 Å². The molecule has 1 aliphatic heterocycles. The number of amides is 1. The molecule has 2 unspecified atom stereocenters. The van der Waals surface area contributed by atoms with Crippen molar-refractivity contribution in [1.29, 1.82) is 0 Å². The average Bonchev–Trinajstić information content (AvgIpc) is 2.97. The van der Waals surface area contributed by atoms with Crippen molar-refractivity contribution in [2.45, 2.75) is 51.1 Å². The van der Waals surface area contributed by atoms with E-state index in [9.17, 15) is 4.79 Å². The third-order valence-electron chi connectivity index (χ3n) is 4.31. The number of hydrogen-bond donors (Lipinski definition) is 2. The smallest absolute Gasteiger partial charge is 0.240 e. The summed E-state index contributed by atoms with van der Waals surface area (Å²) in [4.78, 5) is 12.7. The first kappa shape index (κ1) is 15.8. The van der Waals surface area contributed by atoms with E-state index in [2.05, 4.69) is 17.6 Å². The van der Waals surface area contributed by atoms with Crippen molar-refractivity contribution in [2.75, 3.05) is 13.7 Å². The first-order chi connectivity index (χ1) is 10.1. The van der Waals surface area contributed by atoms with Crippen molar-refractivity contribution in [3.8, 4) is 5.75 Å². The summed E-state index contributed by atoms with van der Waals surface area (Å²) < 4.78 is 5.38. The molecule has 1 aliphatic rings. The Bertz CT molecular complexity index is 481. The normalized spacial score (nSPS) is 22.8. The number of methoxy groups -OCH3 is 1. The van der Waals surface area contributed by atoms with Crippen LogP contribution in [0, 0.1) is 0 Å². The Kier molecular flexibility index (Phi) is 5.23. The second-order valence-electron chi connectivity index (χ2n) is 5.80. The van der Waals surface area contributed by atoms with E-state index in [0.29, 0.717) is 0 Å². The lowest BCUT2D eigenvalue weighted by molar-refractivity contribution is -0.128. The van der Waals surface area contributed by atoms with Gasteiger partial charge < -0.3 is 15.4 Å². The minimum Gasteiger partial charge on any atom is -0.496 e. The van der Waals surface area contributed by atoms with E-state index in [0.717, 1.165) is 43.5 Å². The SMILES string of the molecule is CCCC1(C(=O)NC(C)c2ccccc2OC)CCCN1. The van der Waals surface area contributed by atoms with Crippen molar-refractivity contribution < 1.29 is 9.53 Å². The summed E-state index contributed by atoms with van der Waals surface area (Å²) in [5.74, 6) is 0.925. The number of carbonyl (C=O) groups excluding carboxylic acids is 1. The topological polar surface area (TPSA) is 50.4 Å². The molecule has 0 aliphatic carbocycles. The highest BCUT2D eigenvalue weighted by Crippen LogP contribution is 2.28. The van der Waals surface area contributed by atoms with Crippen LogP contribution in [0.3, 0.4) is 0 Å². The zero-order valence-electron chi connectivity index (χ0n) is 13.2.